The first kappa shape index (κ1) is 21.4. The minimum atomic E-state index is -0.258. The Morgan fingerprint density at radius 1 is 0.935 bits per heavy atom. The number of amides is 2. The summed E-state index contributed by atoms with van der Waals surface area (Å²) < 4.78 is 0. The van der Waals surface area contributed by atoms with E-state index in [1.165, 1.54) is 0 Å². The number of hydrogen-bond donors (Lipinski definition) is 2. The van der Waals surface area contributed by atoms with Crippen LogP contribution in [-0.2, 0) is 9.59 Å². The van der Waals surface area contributed by atoms with E-state index in [1.54, 1.807) is 12.4 Å². The molecule has 2 aromatic heterocycles. The zero-order valence-corrected chi connectivity index (χ0v) is 18.1. The fourth-order valence-electron chi connectivity index (χ4n) is 4.23. The lowest BCUT2D eigenvalue weighted by Crippen LogP contribution is -2.41. The molecule has 0 spiro atoms. The Balaban J connectivity index is 1.29. The van der Waals surface area contributed by atoms with Crippen LogP contribution in [0.5, 0.6) is 0 Å². The fraction of sp³-hybridized carbons (Fsp3) is 0.455. The number of carbonyl (C=O) groups is 2. The van der Waals surface area contributed by atoms with Gasteiger partial charge >= 0.3 is 0 Å². The molecule has 4 rings (SSSR count). The standard InChI is InChI=1S/C22H27ClN6O2/c23-17-3-5-19(25-12-17)28-10-7-15(8-11-28)22(31)27-18-4-6-20(26-13-18)29-9-1-2-16(14-29)21(24)30/h3-6,12-13,15-16H,1-2,7-11,14H2,(H2,24,30)(H,27,31). The molecule has 2 saturated heterocycles. The lowest BCUT2D eigenvalue weighted by atomic mass is 9.96. The quantitative estimate of drug-likeness (QED) is 0.737. The van der Waals surface area contributed by atoms with Crippen LogP contribution in [0, 0.1) is 11.8 Å². The normalized spacial score (nSPS) is 19.8. The van der Waals surface area contributed by atoms with Crippen LogP contribution in [0.15, 0.2) is 36.7 Å². The van der Waals surface area contributed by atoms with E-state index in [9.17, 15) is 9.59 Å². The highest BCUT2D eigenvalue weighted by molar-refractivity contribution is 6.30. The van der Waals surface area contributed by atoms with Gasteiger partial charge in [0.15, 0.2) is 0 Å². The number of nitrogens with zero attached hydrogens (tertiary/aromatic N) is 4. The van der Waals surface area contributed by atoms with Gasteiger partial charge in [-0.15, -0.1) is 0 Å². The second-order valence-electron chi connectivity index (χ2n) is 8.18. The Labute approximate surface area is 186 Å². The number of primary amides is 1. The minimum Gasteiger partial charge on any atom is -0.369 e. The van der Waals surface area contributed by atoms with Gasteiger partial charge in [-0.25, -0.2) is 9.97 Å². The summed E-state index contributed by atoms with van der Waals surface area (Å²) in [5, 5.41) is 3.60. The summed E-state index contributed by atoms with van der Waals surface area (Å²) in [6, 6.07) is 7.48. The zero-order valence-electron chi connectivity index (χ0n) is 17.3. The Morgan fingerprint density at radius 2 is 1.65 bits per heavy atom. The molecule has 8 nitrogen and oxygen atoms in total. The third-order valence-electron chi connectivity index (χ3n) is 6.06. The van der Waals surface area contributed by atoms with E-state index in [1.807, 2.05) is 24.3 Å². The number of piperidine rings is 2. The molecule has 0 radical (unpaired) electrons. The summed E-state index contributed by atoms with van der Waals surface area (Å²) in [6.07, 6.45) is 6.59. The third-order valence-corrected chi connectivity index (χ3v) is 6.29. The Morgan fingerprint density at radius 3 is 2.29 bits per heavy atom. The number of anilines is 3. The highest BCUT2D eigenvalue weighted by atomic mass is 35.5. The average Bonchev–Trinajstić information content (AvgIpc) is 2.80. The first-order valence-electron chi connectivity index (χ1n) is 10.7. The number of halogens is 1. The minimum absolute atomic E-state index is 0.0185. The summed E-state index contributed by atoms with van der Waals surface area (Å²) in [6.45, 7) is 3.00. The second kappa shape index (κ2) is 9.51. The predicted octanol–water partition coefficient (Wildman–Crippen LogP) is 2.69. The molecule has 1 unspecified atom stereocenters. The molecular formula is C22H27ClN6O2. The topological polar surface area (TPSA) is 104 Å². The van der Waals surface area contributed by atoms with Crippen LogP contribution < -0.4 is 20.9 Å². The summed E-state index contributed by atoms with van der Waals surface area (Å²) >= 11 is 5.90. The van der Waals surface area contributed by atoms with E-state index in [2.05, 4.69) is 25.1 Å². The Kier molecular flexibility index (Phi) is 6.56. The number of carbonyl (C=O) groups excluding carboxylic acids is 2. The van der Waals surface area contributed by atoms with Gasteiger partial charge in [0.2, 0.25) is 11.8 Å². The van der Waals surface area contributed by atoms with Crippen molar-refractivity contribution in [2.45, 2.75) is 25.7 Å². The lowest BCUT2D eigenvalue weighted by molar-refractivity contribution is -0.122. The number of aromatic nitrogens is 2. The monoisotopic (exact) mass is 442 g/mol. The Bertz CT molecular complexity index is 913. The molecule has 4 heterocycles. The maximum Gasteiger partial charge on any atom is 0.227 e. The van der Waals surface area contributed by atoms with Crippen molar-refractivity contribution >= 4 is 40.7 Å². The number of nitrogens with two attached hydrogens (primary N) is 1. The van der Waals surface area contributed by atoms with Gasteiger partial charge in [0.25, 0.3) is 0 Å². The molecule has 31 heavy (non-hydrogen) atoms. The Hall–Kier alpha value is -2.87. The maximum atomic E-state index is 12.7. The summed E-state index contributed by atoms with van der Waals surface area (Å²) in [7, 11) is 0. The highest BCUT2D eigenvalue weighted by Crippen LogP contribution is 2.25. The first-order valence-corrected chi connectivity index (χ1v) is 11.0. The first-order chi connectivity index (χ1) is 15.0. The van der Waals surface area contributed by atoms with Crippen molar-refractivity contribution in [1.82, 2.24) is 9.97 Å². The molecule has 2 fully saturated rings. The van der Waals surface area contributed by atoms with Crippen LogP contribution in [-0.4, -0.2) is 48.0 Å². The molecule has 0 bridgehead atoms. The lowest BCUT2D eigenvalue weighted by Gasteiger charge is -2.32. The van der Waals surface area contributed by atoms with E-state index >= 15 is 0 Å². The number of hydrogen-bond acceptors (Lipinski definition) is 6. The molecule has 2 amide bonds. The highest BCUT2D eigenvalue weighted by Gasteiger charge is 2.27. The van der Waals surface area contributed by atoms with E-state index < -0.39 is 0 Å². The fourth-order valence-corrected chi connectivity index (χ4v) is 4.35. The van der Waals surface area contributed by atoms with Crippen LogP contribution in [0.25, 0.3) is 0 Å². The average molecular weight is 443 g/mol. The van der Waals surface area contributed by atoms with Crippen molar-refractivity contribution in [2.75, 3.05) is 41.3 Å². The molecule has 1 atom stereocenters. The van der Waals surface area contributed by atoms with Crippen LogP contribution in [0.1, 0.15) is 25.7 Å². The van der Waals surface area contributed by atoms with Crippen molar-refractivity contribution in [3.05, 3.63) is 41.7 Å². The van der Waals surface area contributed by atoms with Crippen LogP contribution >= 0.6 is 11.6 Å². The van der Waals surface area contributed by atoms with E-state index in [0.717, 1.165) is 57.0 Å². The third kappa shape index (κ3) is 5.25. The summed E-state index contributed by atoms with van der Waals surface area (Å²) in [5.41, 5.74) is 6.14. The van der Waals surface area contributed by atoms with Gasteiger partial charge in [0.1, 0.15) is 11.6 Å². The van der Waals surface area contributed by atoms with Crippen molar-refractivity contribution < 1.29 is 9.59 Å². The molecule has 2 aliphatic heterocycles. The molecule has 0 saturated carbocycles. The molecule has 0 aliphatic carbocycles. The van der Waals surface area contributed by atoms with Crippen LogP contribution in [0.2, 0.25) is 5.02 Å². The zero-order chi connectivity index (χ0) is 21.8. The number of nitrogens with one attached hydrogen (secondary N) is 1. The van der Waals surface area contributed by atoms with Gasteiger partial charge in [-0.3, -0.25) is 9.59 Å². The van der Waals surface area contributed by atoms with E-state index in [-0.39, 0.29) is 23.7 Å². The number of rotatable bonds is 5. The molecule has 9 heteroatoms. The van der Waals surface area contributed by atoms with Crippen molar-refractivity contribution in [2.24, 2.45) is 17.6 Å². The van der Waals surface area contributed by atoms with Crippen molar-refractivity contribution in [1.29, 1.82) is 0 Å². The maximum absolute atomic E-state index is 12.7. The van der Waals surface area contributed by atoms with Gasteiger partial charge in [0.05, 0.1) is 22.8 Å². The van der Waals surface area contributed by atoms with E-state index in [4.69, 9.17) is 17.3 Å². The predicted molar refractivity (Wildman–Crippen MR) is 121 cm³/mol. The van der Waals surface area contributed by atoms with Gasteiger partial charge in [-0.2, -0.15) is 0 Å². The molecular weight excluding hydrogens is 416 g/mol. The molecule has 2 aliphatic rings. The van der Waals surface area contributed by atoms with Crippen molar-refractivity contribution in [3.63, 3.8) is 0 Å². The largest absolute Gasteiger partial charge is 0.369 e. The molecule has 164 valence electrons. The summed E-state index contributed by atoms with van der Waals surface area (Å²) in [4.78, 5) is 37.3. The molecule has 3 N–H and O–H groups in total. The summed E-state index contributed by atoms with van der Waals surface area (Å²) in [5.74, 6) is 1.27. The second-order valence-corrected chi connectivity index (χ2v) is 8.61. The van der Waals surface area contributed by atoms with Gasteiger partial charge in [0, 0.05) is 38.3 Å². The number of pyridine rings is 2. The van der Waals surface area contributed by atoms with Gasteiger partial charge in [-0.1, -0.05) is 11.6 Å². The SMILES string of the molecule is NC(=O)C1CCCN(c2ccc(NC(=O)C3CCN(c4ccc(Cl)cn4)CC3)cn2)C1. The van der Waals surface area contributed by atoms with E-state index in [0.29, 0.717) is 17.3 Å². The van der Waals surface area contributed by atoms with Crippen molar-refractivity contribution in [3.8, 4) is 0 Å². The van der Waals surface area contributed by atoms with Gasteiger partial charge in [-0.05, 0) is 49.9 Å². The molecule has 2 aromatic rings. The van der Waals surface area contributed by atoms with Crippen LogP contribution in [0.4, 0.5) is 17.3 Å². The molecule has 0 aromatic carbocycles. The smallest absolute Gasteiger partial charge is 0.227 e. The van der Waals surface area contributed by atoms with Crippen LogP contribution in [0.3, 0.4) is 0 Å². The van der Waals surface area contributed by atoms with Gasteiger partial charge < -0.3 is 20.9 Å².